The molecular weight excluding hydrogens is 725 g/mol. The van der Waals surface area contributed by atoms with Gasteiger partial charge in [-0.2, -0.15) is 0 Å². The van der Waals surface area contributed by atoms with Crippen molar-refractivity contribution >= 4 is 19.8 Å². The van der Waals surface area contributed by atoms with Crippen molar-refractivity contribution in [1.82, 2.24) is 0 Å². The summed E-state index contributed by atoms with van der Waals surface area (Å²) in [6.07, 6.45) is 46.4. The van der Waals surface area contributed by atoms with Crippen LogP contribution in [0.4, 0.5) is 0 Å². The average molecular weight is 814 g/mol. The highest BCUT2D eigenvalue weighted by atomic mass is 31.2. The molecule has 56 heavy (non-hydrogen) atoms. The van der Waals surface area contributed by atoms with E-state index in [0.717, 1.165) is 44.9 Å². The Labute approximate surface area is 344 Å². The third-order valence-electron chi connectivity index (χ3n) is 10.1. The summed E-state index contributed by atoms with van der Waals surface area (Å²) in [5, 5.41) is 0. The Bertz CT molecular complexity index is 975. The van der Waals surface area contributed by atoms with E-state index in [4.69, 9.17) is 24.3 Å². The molecule has 0 aliphatic carbocycles. The molecular formula is C46H88NO8P. The van der Waals surface area contributed by atoms with Crippen molar-refractivity contribution in [3.63, 3.8) is 0 Å². The Hall–Kier alpha value is -1.51. The van der Waals surface area contributed by atoms with Crippen LogP contribution in [0.5, 0.6) is 0 Å². The fourth-order valence-electron chi connectivity index (χ4n) is 6.61. The maximum atomic E-state index is 12.6. The SMILES string of the molecule is CCCCCCC/C=C\C/C=C\CCCCCCCCCCCCCC(=O)OC(COC(=O)CCCCCCCCCCCCCC)COP(=O)(O)OCCN. The second-order valence-corrected chi connectivity index (χ2v) is 17.1. The number of esters is 2. The van der Waals surface area contributed by atoms with E-state index < -0.39 is 26.5 Å². The van der Waals surface area contributed by atoms with Gasteiger partial charge in [-0.3, -0.25) is 18.6 Å². The van der Waals surface area contributed by atoms with Crippen LogP contribution >= 0.6 is 7.82 Å². The van der Waals surface area contributed by atoms with Crippen LogP contribution in [-0.4, -0.2) is 49.3 Å². The number of hydrogen-bond acceptors (Lipinski definition) is 8. The largest absolute Gasteiger partial charge is 0.472 e. The van der Waals surface area contributed by atoms with Gasteiger partial charge in [0.2, 0.25) is 0 Å². The van der Waals surface area contributed by atoms with Crippen LogP contribution in [-0.2, 0) is 32.7 Å². The average Bonchev–Trinajstić information content (AvgIpc) is 3.18. The summed E-state index contributed by atoms with van der Waals surface area (Å²) in [5.74, 6) is -0.822. The molecule has 0 radical (unpaired) electrons. The van der Waals surface area contributed by atoms with Crippen LogP contribution in [0.3, 0.4) is 0 Å². The van der Waals surface area contributed by atoms with Crippen molar-refractivity contribution in [2.45, 2.75) is 232 Å². The van der Waals surface area contributed by atoms with Crippen molar-refractivity contribution in [3.8, 4) is 0 Å². The molecule has 10 heteroatoms. The molecule has 0 aliphatic heterocycles. The molecule has 0 aromatic carbocycles. The molecule has 330 valence electrons. The molecule has 0 heterocycles. The third-order valence-corrected chi connectivity index (χ3v) is 11.1. The Kier molecular flexibility index (Phi) is 41.9. The van der Waals surface area contributed by atoms with E-state index in [0.29, 0.717) is 6.42 Å². The Morgan fingerprint density at radius 1 is 0.536 bits per heavy atom. The fourth-order valence-corrected chi connectivity index (χ4v) is 7.37. The number of nitrogens with two attached hydrogens (primary N) is 1. The number of phosphoric ester groups is 1. The highest BCUT2D eigenvalue weighted by Gasteiger charge is 2.26. The van der Waals surface area contributed by atoms with E-state index in [1.807, 2.05) is 0 Å². The van der Waals surface area contributed by atoms with E-state index in [1.54, 1.807) is 0 Å². The van der Waals surface area contributed by atoms with Gasteiger partial charge in [0, 0.05) is 19.4 Å². The minimum absolute atomic E-state index is 0.0549. The molecule has 0 aromatic rings. The summed E-state index contributed by atoms with van der Waals surface area (Å²) in [5.41, 5.74) is 5.35. The summed E-state index contributed by atoms with van der Waals surface area (Å²) in [6.45, 7) is 3.74. The van der Waals surface area contributed by atoms with Crippen molar-refractivity contribution < 1.29 is 37.6 Å². The van der Waals surface area contributed by atoms with E-state index in [2.05, 4.69) is 38.2 Å². The van der Waals surface area contributed by atoms with Crippen molar-refractivity contribution in [2.24, 2.45) is 5.73 Å². The van der Waals surface area contributed by atoms with Crippen LogP contribution in [0, 0.1) is 0 Å². The maximum Gasteiger partial charge on any atom is 0.472 e. The maximum absolute atomic E-state index is 12.6. The van der Waals surface area contributed by atoms with Crippen molar-refractivity contribution in [3.05, 3.63) is 24.3 Å². The lowest BCUT2D eigenvalue weighted by Crippen LogP contribution is -2.29. The van der Waals surface area contributed by atoms with E-state index in [9.17, 15) is 19.0 Å². The van der Waals surface area contributed by atoms with Crippen molar-refractivity contribution in [2.75, 3.05) is 26.4 Å². The van der Waals surface area contributed by atoms with Crippen LogP contribution in [0.25, 0.3) is 0 Å². The summed E-state index contributed by atoms with van der Waals surface area (Å²) in [7, 11) is -4.37. The molecule has 0 fully saturated rings. The molecule has 2 atom stereocenters. The summed E-state index contributed by atoms with van der Waals surface area (Å²) in [4.78, 5) is 34.9. The predicted molar refractivity (Wildman–Crippen MR) is 234 cm³/mol. The first-order valence-electron chi connectivity index (χ1n) is 23.3. The number of carbonyl (C=O) groups excluding carboxylic acids is 2. The molecule has 0 saturated carbocycles. The Morgan fingerprint density at radius 2 is 0.929 bits per heavy atom. The molecule has 0 rings (SSSR count). The number of allylic oxidation sites excluding steroid dienone is 4. The Morgan fingerprint density at radius 3 is 1.36 bits per heavy atom. The van der Waals surface area contributed by atoms with Gasteiger partial charge in [-0.1, -0.05) is 192 Å². The van der Waals surface area contributed by atoms with Crippen LogP contribution in [0.2, 0.25) is 0 Å². The number of rotatable bonds is 44. The highest BCUT2D eigenvalue weighted by molar-refractivity contribution is 7.47. The van der Waals surface area contributed by atoms with Gasteiger partial charge in [0.05, 0.1) is 13.2 Å². The normalized spacial score (nSPS) is 13.4. The molecule has 3 N–H and O–H groups in total. The van der Waals surface area contributed by atoms with Gasteiger partial charge in [0.1, 0.15) is 6.61 Å². The monoisotopic (exact) mass is 814 g/mol. The summed E-state index contributed by atoms with van der Waals surface area (Å²) < 4.78 is 32.8. The number of carbonyl (C=O) groups is 2. The van der Waals surface area contributed by atoms with Gasteiger partial charge in [0.15, 0.2) is 6.10 Å². The van der Waals surface area contributed by atoms with Gasteiger partial charge in [-0.15, -0.1) is 0 Å². The van der Waals surface area contributed by atoms with E-state index in [-0.39, 0.29) is 38.6 Å². The fraction of sp³-hybridized carbons (Fsp3) is 0.870. The number of phosphoric acid groups is 1. The topological polar surface area (TPSA) is 134 Å². The summed E-state index contributed by atoms with van der Waals surface area (Å²) in [6, 6.07) is 0. The van der Waals surface area contributed by atoms with Crippen LogP contribution in [0.1, 0.15) is 226 Å². The lowest BCUT2D eigenvalue weighted by atomic mass is 10.0. The molecule has 2 unspecified atom stereocenters. The van der Waals surface area contributed by atoms with Gasteiger partial charge in [0.25, 0.3) is 0 Å². The lowest BCUT2D eigenvalue weighted by molar-refractivity contribution is -0.161. The predicted octanol–water partition coefficient (Wildman–Crippen LogP) is 13.6. The van der Waals surface area contributed by atoms with Crippen LogP contribution in [0.15, 0.2) is 24.3 Å². The molecule has 0 bridgehead atoms. The second kappa shape index (κ2) is 43.1. The van der Waals surface area contributed by atoms with E-state index in [1.165, 1.54) is 148 Å². The number of hydrogen-bond donors (Lipinski definition) is 2. The third kappa shape index (κ3) is 42.1. The molecule has 0 aromatic heterocycles. The van der Waals surface area contributed by atoms with E-state index >= 15 is 0 Å². The van der Waals surface area contributed by atoms with Crippen LogP contribution < -0.4 is 5.73 Å². The molecule has 0 amide bonds. The standard InChI is InChI=1S/C46H88NO8P/c1-3-5-7-9-11-13-15-17-18-19-20-21-22-23-24-25-26-27-29-31-33-35-37-39-46(49)55-44(43-54-56(50,51)53-41-40-47)42-52-45(48)38-36-34-32-30-28-16-14-12-10-8-6-4-2/h15,17,19-20,44H,3-14,16,18,21-43,47H2,1-2H3,(H,50,51)/b17-15-,20-19-. The number of unbranched alkanes of at least 4 members (excludes halogenated alkanes) is 27. The zero-order chi connectivity index (χ0) is 41.1. The zero-order valence-electron chi connectivity index (χ0n) is 36.4. The first-order valence-corrected chi connectivity index (χ1v) is 24.8. The molecule has 0 aliphatic rings. The Balaban J connectivity index is 4.04. The van der Waals surface area contributed by atoms with Gasteiger partial charge >= 0.3 is 19.8 Å². The first kappa shape index (κ1) is 54.5. The van der Waals surface area contributed by atoms with Gasteiger partial charge in [-0.05, 0) is 44.9 Å². The molecule has 0 spiro atoms. The lowest BCUT2D eigenvalue weighted by Gasteiger charge is -2.19. The molecule has 0 saturated heterocycles. The smallest absolute Gasteiger partial charge is 0.462 e. The minimum Gasteiger partial charge on any atom is -0.462 e. The quantitative estimate of drug-likeness (QED) is 0.0267. The second-order valence-electron chi connectivity index (χ2n) is 15.6. The zero-order valence-corrected chi connectivity index (χ0v) is 37.3. The number of ether oxygens (including phenoxy) is 2. The molecule has 9 nitrogen and oxygen atoms in total. The summed E-state index contributed by atoms with van der Waals surface area (Å²) >= 11 is 0. The highest BCUT2D eigenvalue weighted by Crippen LogP contribution is 2.43. The van der Waals surface area contributed by atoms with Crippen molar-refractivity contribution in [1.29, 1.82) is 0 Å². The minimum atomic E-state index is -4.37. The van der Waals surface area contributed by atoms with Gasteiger partial charge < -0.3 is 20.1 Å². The first-order chi connectivity index (χ1) is 27.3. The van der Waals surface area contributed by atoms with Gasteiger partial charge in [-0.25, -0.2) is 4.57 Å².